The van der Waals surface area contributed by atoms with Gasteiger partial charge in [0.1, 0.15) is 5.76 Å². The molecule has 5 nitrogen and oxygen atoms in total. The van der Waals surface area contributed by atoms with Crippen molar-refractivity contribution >= 4 is 11.8 Å². The average molecular weight is 348 g/mol. The molecule has 0 unspecified atom stereocenters. The van der Waals surface area contributed by atoms with Crippen molar-refractivity contribution in [3.63, 3.8) is 0 Å². The molecular formula is C20H32N2O3. The van der Waals surface area contributed by atoms with Gasteiger partial charge in [0, 0.05) is 25.7 Å². The summed E-state index contributed by atoms with van der Waals surface area (Å²) in [5, 5.41) is 10.3. The van der Waals surface area contributed by atoms with Crippen LogP contribution in [0.5, 0.6) is 0 Å². The van der Waals surface area contributed by atoms with E-state index in [2.05, 4.69) is 13.8 Å². The Hall–Kier alpha value is -1.78. The molecule has 0 radical (unpaired) electrons. The van der Waals surface area contributed by atoms with E-state index in [0.29, 0.717) is 24.2 Å². The summed E-state index contributed by atoms with van der Waals surface area (Å²) in [4.78, 5) is 28.3. The first-order chi connectivity index (χ1) is 12.1. The number of carbonyl (C=O) groups is 2. The van der Waals surface area contributed by atoms with Crippen LogP contribution in [0.15, 0.2) is 23.0 Å². The molecule has 2 rings (SSSR count). The highest BCUT2D eigenvalue weighted by Crippen LogP contribution is 2.28. The monoisotopic (exact) mass is 348 g/mol. The first-order valence-corrected chi connectivity index (χ1v) is 9.79. The Labute approximate surface area is 151 Å². The van der Waals surface area contributed by atoms with Gasteiger partial charge in [-0.25, -0.2) is 0 Å². The second-order valence-electron chi connectivity index (χ2n) is 7.10. The summed E-state index contributed by atoms with van der Waals surface area (Å²) in [7, 11) is 0. The lowest BCUT2D eigenvalue weighted by Crippen LogP contribution is -2.30. The second-order valence-corrected chi connectivity index (χ2v) is 7.10. The summed E-state index contributed by atoms with van der Waals surface area (Å²) < 4.78 is 0. The Balaban J connectivity index is 1.88. The van der Waals surface area contributed by atoms with E-state index in [4.69, 9.17) is 0 Å². The fourth-order valence-corrected chi connectivity index (χ4v) is 3.49. The Kier molecular flexibility index (Phi) is 7.53. The van der Waals surface area contributed by atoms with Gasteiger partial charge in [0.05, 0.1) is 12.1 Å². The number of aliphatic hydroxyl groups is 1. The van der Waals surface area contributed by atoms with Crippen molar-refractivity contribution in [3.8, 4) is 0 Å². The molecule has 25 heavy (non-hydrogen) atoms. The van der Waals surface area contributed by atoms with Crippen LogP contribution in [0.2, 0.25) is 0 Å². The number of hydrogen-bond acceptors (Lipinski definition) is 3. The number of amides is 2. The lowest BCUT2D eigenvalue weighted by Gasteiger charge is -2.18. The maximum absolute atomic E-state index is 12.6. The van der Waals surface area contributed by atoms with Gasteiger partial charge < -0.3 is 14.9 Å². The summed E-state index contributed by atoms with van der Waals surface area (Å²) in [5.41, 5.74) is 1.04. The van der Waals surface area contributed by atoms with Gasteiger partial charge in [-0.2, -0.15) is 0 Å². The molecule has 0 saturated heterocycles. The van der Waals surface area contributed by atoms with E-state index in [-0.39, 0.29) is 24.1 Å². The highest BCUT2D eigenvalue weighted by Gasteiger charge is 2.35. The number of unbranched alkanes of at least 4 members (excludes halogenated alkanes) is 6. The molecule has 2 aliphatic heterocycles. The van der Waals surface area contributed by atoms with Gasteiger partial charge in [0.15, 0.2) is 0 Å². The zero-order valence-electron chi connectivity index (χ0n) is 15.7. The minimum atomic E-state index is -0.124. The number of nitrogens with zero attached hydrogens (tertiary/aromatic N) is 2. The molecule has 2 amide bonds. The first-order valence-electron chi connectivity index (χ1n) is 9.79. The lowest BCUT2D eigenvalue weighted by atomic mass is 10.1. The molecule has 0 aliphatic carbocycles. The van der Waals surface area contributed by atoms with Crippen LogP contribution < -0.4 is 0 Å². The van der Waals surface area contributed by atoms with E-state index in [9.17, 15) is 14.7 Å². The predicted octanol–water partition coefficient (Wildman–Crippen LogP) is 3.57. The van der Waals surface area contributed by atoms with Crippen molar-refractivity contribution < 1.29 is 14.7 Å². The third-order valence-corrected chi connectivity index (χ3v) is 4.99. The van der Waals surface area contributed by atoms with Crippen LogP contribution in [0.1, 0.15) is 65.2 Å². The maximum Gasteiger partial charge on any atom is 0.258 e. The zero-order valence-corrected chi connectivity index (χ0v) is 15.7. The van der Waals surface area contributed by atoms with Gasteiger partial charge in [0.2, 0.25) is 5.91 Å². The average Bonchev–Trinajstić information content (AvgIpc) is 3.08. The van der Waals surface area contributed by atoms with Crippen LogP contribution in [0.3, 0.4) is 0 Å². The zero-order chi connectivity index (χ0) is 18.2. The molecule has 0 bridgehead atoms. The molecule has 0 saturated carbocycles. The summed E-state index contributed by atoms with van der Waals surface area (Å²) in [5.74, 6) is -0.0470. The van der Waals surface area contributed by atoms with Gasteiger partial charge in [-0.15, -0.1) is 0 Å². The van der Waals surface area contributed by atoms with E-state index in [1.807, 2.05) is 0 Å². The molecule has 0 aromatic carbocycles. The molecule has 2 heterocycles. The Bertz CT molecular complexity index is 551. The van der Waals surface area contributed by atoms with E-state index < -0.39 is 0 Å². The smallest absolute Gasteiger partial charge is 0.258 e. The van der Waals surface area contributed by atoms with E-state index >= 15 is 0 Å². The van der Waals surface area contributed by atoms with Crippen LogP contribution in [-0.2, 0) is 9.59 Å². The highest BCUT2D eigenvalue weighted by molar-refractivity contribution is 6.04. The van der Waals surface area contributed by atoms with Crippen molar-refractivity contribution in [3.05, 3.63) is 23.0 Å². The van der Waals surface area contributed by atoms with Crippen molar-refractivity contribution in [2.24, 2.45) is 0 Å². The van der Waals surface area contributed by atoms with Gasteiger partial charge in [0.25, 0.3) is 5.91 Å². The molecule has 1 N–H and O–H groups in total. The van der Waals surface area contributed by atoms with Gasteiger partial charge in [-0.3, -0.25) is 9.59 Å². The van der Waals surface area contributed by atoms with Crippen LogP contribution in [0, 0.1) is 0 Å². The van der Waals surface area contributed by atoms with Crippen molar-refractivity contribution in [1.82, 2.24) is 9.80 Å². The first kappa shape index (κ1) is 19.5. The molecule has 2 aliphatic rings. The SMILES string of the molecule is CCCCCCN1CC(C2=C(O)CN(CCCCCC)C2=O)=CC1=O. The third-order valence-electron chi connectivity index (χ3n) is 4.99. The molecular weight excluding hydrogens is 316 g/mol. The Morgan fingerprint density at radius 1 is 0.880 bits per heavy atom. The number of hydrogen-bond donors (Lipinski definition) is 1. The topological polar surface area (TPSA) is 60.9 Å². The summed E-state index contributed by atoms with van der Waals surface area (Å²) in [6.07, 6.45) is 10.4. The summed E-state index contributed by atoms with van der Waals surface area (Å²) in [6, 6.07) is 0. The summed E-state index contributed by atoms with van der Waals surface area (Å²) >= 11 is 0. The Morgan fingerprint density at radius 2 is 1.48 bits per heavy atom. The second kappa shape index (κ2) is 9.64. The fourth-order valence-electron chi connectivity index (χ4n) is 3.49. The van der Waals surface area contributed by atoms with Crippen LogP contribution in [0.4, 0.5) is 0 Å². The largest absolute Gasteiger partial charge is 0.510 e. The highest BCUT2D eigenvalue weighted by atomic mass is 16.3. The third kappa shape index (κ3) is 5.10. The van der Waals surface area contributed by atoms with E-state index in [1.165, 1.54) is 25.3 Å². The fraction of sp³-hybridized carbons (Fsp3) is 0.700. The number of rotatable bonds is 11. The van der Waals surface area contributed by atoms with E-state index in [1.54, 1.807) is 9.80 Å². The predicted molar refractivity (Wildman–Crippen MR) is 99.2 cm³/mol. The maximum atomic E-state index is 12.6. The van der Waals surface area contributed by atoms with Gasteiger partial charge in [-0.1, -0.05) is 52.4 Å². The van der Waals surface area contributed by atoms with Crippen LogP contribution >= 0.6 is 0 Å². The van der Waals surface area contributed by atoms with Crippen LogP contribution in [-0.4, -0.2) is 52.9 Å². The Morgan fingerprint density at radius 3 is 2.08 bits per heavy atom. The van der Waals surface area contributed by atoms with Crippen molar-refractivity contribution in [2.75, 3.05) is 26.2 Å². The standard InChI is InChI=1S/C20H32N2O3/c1-3-5-7-9-11-21-14-16(13-18(21)24)19-17(23)15-22(20(19)25)12-10-8-6-4-2/h13,23H,3-12,14-15H2,1-2H3. The molecule has 0 aromatic heterocycles. The van der Waals surface area contributed by atoms with Gasteiger partial charge in [-0.05, 0) is 18.4 Å². The number of aliphatic hydroxyl groups excluding tert-OH is 1. The molecule has 0 spiro atoms. The molecule has 0 fully saturated rings. The molecule has 0 aromatic rings. The normalized spacial score (nSPS) is 17.9. The molecule has 5 heteroatoms. The molecule has 0 atom stereocenters. The lowest BCUT2D eigenvalue weighted by molar-refractivity contribution is -0.126. The van der Waals surface area contributed by atoms with Crippen molar-refractivity contribution in [1.29, 1.82) is 0 Å². The quantitative estimate of drug-likeness (QED) is 0.581. The molecule has 140 valence electrons. The minimum absolute atomic E-state index is 0.0407. The minimum Gasteiger partial charge on any atom is -0.510 e. The van der Waals surface area contributed by atoms with Gasteiger partial charge >= 0.3 is 0 Å². The summed E-state index contributed by atoms with van der Waals surface area (Å²) in [6.45, 7) is 6.44. The van der Waals surface area contributed by atoms with Crippen LogP contribution in [0.25, 0.3) is 0 Å². The van der Waals surface area contributed by atoms with E-state index in [0.717, 1.165) is 38.6 Å². The van der Waals surface area contributed by atoms with Crippen molar-refractivity contribution in [2.45, 2.75) is 65.2 Å². The number of carbonyl (C=O) groups excluding carboxylic acids is 2.